The Morgan fingerprint density at radius 2 is 2.23 bits per heavy atom. The summed E-state index contributed by atoms with van der Waals surface area (Å²) in [6, 6.07) is 3.65. The molecule has 1 aromatic carbocycles. The van der Waals surface area contributed by atoms with Gasteiger partial charge in [0.05, 0.1) is 22.3 Å². The Hall–Kier alpha value is -1.11. The third-order valence-electron chi connectivity index (χ3n) is 1.63. The molecule has 1 aromatic heterocycles. The summed E-state index contributed by atoms with van der Waals surface area (Å²) < 4.78 is 8.25. The van der Waals surface area contributed by atoms with Crippen molar-refractivity contribution in [2.24, 2.45) is 0 Å². The highest BCUT2D eigenvalue weighted by atomic mass is 35.5. The summed E-state index contributed by atoms with van der Waals surface area (Å²) in [5.74, 6) is 5.74. The van der Waals surface area contributed by atoms with E-state index < -0.39 is 0 Å². The lowest BCUT2D eigenvalue weighted by atomic mass is 10.2. The quantitative estimate of drug-likeness (QED) is 0.623. The number of rotatable bonds is 0. The molecule has 0 aliphatic carbocycles. The van der Waals surface area contributed by atoms with Crippen molar-refractivity contribution < 1.29 is 0 Å². The fourth-order valence-electron chi connectivity index (χ4n) is 1.07. The first-order chi connectivity index (χ1) is 6.33. The largest absolute Gasteiger partial charge is 0.173 e. The summed E-state index contributed by atoms with van der Waals surface area (Å²) in [4.78, 5) is 0. The van der Waals surface area contributed by atoms with Crippen LogP contribution in [0.4, 0.5) is 0 Å². The first-order valence-corrected chi connectivity index (χ1v) is 4.77. The van der Waals surface area contributed by atoms with E-state index in [-0.39, 0.29) is 0 Å². The van der Waals surface area contributed by atoms with Gasteiger partial charge in [0, 0.05) is 0 Å². The monoisotopic (exact) mass is 208 g/mol. The molecule has 0 aliphatic rings. The van der Waals surface area contributed by atoms with Crippen molar-refractivity contribution in [3.8, 4) is 11.8 Å². The average Bonchev–Trinajstić information content (AvgIpc) is 2.58. The molecule has 0 saturated heterocycles. The molecule has 0 unspecified atom stereocenters. The smallest absolute Gasteiger partial charge is 0.121 e. The van der Waals surface area contributed by atoms with Gasteiger partial charge in [-0.15, -0.1) is 5.92 Å². The lowest BCUT2D eigenvalue weighted by Gasteiger charge is -1.94. The minimum atomic E-state index is 0.634. The van der Waals surface area contributed by atoms with Crippen molar-refractivity contribution in [1.82, 2.24) is 8.75 Å². The van der Waals surface area contributed by atoms with Gasteiger partial charge in [0.1, 0.15) is 11.0 Å². The summed E-state index contributed by atoms with van der Waals surface area (Å²) in [5.41, 5.74) is 2.43. The molecule has 13 heavy (non-hydrogen) atoms. The van der Waals surface area contributed by atoms with Crippen molar-refractivity contribution in [3.63, 3.8) is 0 Å². The molecule has 0 aliphatic heterocycles. The zero-order chi connectivity index (χ0) is 9.26. The van der Waals surface area contributed by atoms with E-state index in [1.807, 2.05) is 6.07 Å². The Kier molecular flexibility index (Phi) is 2.17. The summed E-state index contributed by atoms with van der Waals surface area (Å²) in [5, 5.41) is 0.634. The zero-order valence-electron chi connectivity index (χ0n) is 6.84. The number of nitrogens with zero attached hydrogens (tertiary/aromatic N) is 2. The van der Waals surface area contributed by atoms with Crippen molar-refractivity contribution in [3.05, 3.63) is 22.7 Å². The lowest BCUT2D eigenvalue weighted by Crippen LogP contribution is -1.80. The molecule has 0 spiro atoms. The zero-order valence-corrected chi connectivity index (χ0v) is 8.41. The van der Waals surface area contributed by atoms with E-state index in [1.165, 1.54) is 11.7 Å². The fraction of sp³-hybridized carbons (Fsp3) is 0.111. The van der Waals surface area contributed by atoms with Gasteiger partial charge in [0.2, 0.25) is 0 Å². The molecule has 0 radical (unpaired) electrons. The number of halogens is 1. The molecular formula is C9H5ClN2S. The second-order valence-corrected chi connectivity index (χ2v) is 3.36. The van der Waals surface area contributed by atoms with E-state index in [0.29, 0.717) is 5.02 Å². The third kappa shape index (κ3) is 1.39. The molecule has 64 valence electrons. The average molecular weight is 209 g/mol. The minimum absolute atomic E-state index is 0.634. The van der Waals surface area contributed by atoms with E-state index in [2.05, 4.69) is 20.6 Å². The maximum Gasteiger partial charge on any atom is 0.121 e. The van der Waals surface area contributed by atoms with Crippen LogP contribution < -0.4 is 0 Å². The van der Waals surface area contributed by atoms with E-state index in [9.17, 15) is 0 Å². The Labute approximate surface area is 84.9 Å². The number of benzene rings is 1. The predicted molar refractivity (Wildman–Crippen MR) is 55.0 cm³/mol. The highest BCUT2D eigenvalue weighted by Crippen LogP contribution is 2.23. The third-order valence-corrected chi connectivity index (χ3v) is 2.48. The molecule has 2 nitrogen and oxygen atoms in total. The van der Waals surface area contributed by atoms with Gasteiger partial charge in [0.25, 0.3) is 0 Å². The molecule has 2 aromatic rings. The molecule has 1 heterocycles. The Bertz CT molecular complexity index is 507. The predicted octanol–water partition coefficient (Wildman–Crippen LogP) is 2.72. The van der Waals surface area contributed by atoms with Crippen LogP contribution >= 0.6 is 23.3 Å². The van der Waals surface area contributed by atoms with Crippen LogP contribution in [0.25, 0.3) is 11.0 Å². The summed E-state index contributed by atoms with van der Waals surface area (Å²) in [7, 11) is 0. The molecular weight excluding hydrogens is 204 g/mol. The maximum atomic E-state index is 5.97. The second-order valence-electron chi connectivity index (χ2n) is 2.43. The SMILES string of the molecule is CC#Cc1c(Cl)ccc2nsnc12. The van der Waals surface area contributed by atoms with Gasteiger partial charge in [0.15, 0.2) is 0 Å². The Balaban J connectivity index is 2.85. The van der Waals surface area contributed by atoms with Crippen molar-refractivity contribution >= 4 is 34.4 Å². The summed E-state index contributed by atoms with van der Waals surface area (Å²) >= 11 is 7.15. The van der Waals surface area contributed by atoms with Crippen molar-refractivity contribution in [2.45, 2.75) is 6.92 Å². The topological polar surface area (TPSA) is 25.8 Å². The highest BCUT2D eigenvalue weighted by molar-refractivity contribution is 7.00. The number of hydrogen-bond donors (Lipinski definition) is 0. The molecule has 0 atom stereocenters. The molecule has 0 saturated carbocycles. The van der Waals surface area contributed by atoms with Crippen LogP contribution in [0.2, 0.25) is 5.02 Å². The fourth-order valence-corrected chi connectivity index (χ4v) is 1.81. The van der Waals surface area contributed by atoms with Crippen LogP contribution in [-0.2, 0) is 0 Å². The highest BCUT2D eigenvalue weighted by Gasteiger charge is 2.06. The van der Waals surface area contributed by atoms with Gasteiger partial charge >= 0.3 is 0 Å². The van der Waals surface area contributed by atoms with Gasteiger partial charge in [-0.05, 0) is 19.1 Å². The normalized spacial score (nSPS) is 9.69. The molecule has 0 fully saturated rings. The van der Waals surface area contributed by atoms with E-state index in [4.69, 9.17) is 11.6 Å². The number of hydrogen-bond acceptors (Lipinski definition) is 3. The molecule has 4 heteroatoms. The molecule has 0 bridgehead atoms. The molecule has 0 N–H and O–H groups in total. The Morgan fingerprint density at radius 1 is 1.38 bits per heavy atom. The van der Waals surface area contributed by atoms with Crippen molar-refractivity contribution in [1.29, 1.82) is 0 Å². The van der Waals surface area contributed by atoms with Crippen LogP contribution in [0.3, 0.4) is 0 Å². The van der Waals surface area contributed by atoms with E-state index >= 15 is 0 Å². The summed E-state index contributed by atoms with van der Waals surface area (Å²) in [6.07, 6.45) is 0. The van der Waals surface area contributed by atoms with Gasteiger partial charge in [-0.2, -0.15) is 8.75 Å². The first-order valence-electron chi connectivity index (χ1n) is 3.66. The second kappa shape index (κ2) is 3.33. The van der Waals surface area contributed by atoms with Crippen LogP contribution in [0.1, 0.15) is 12.5 Å². The van der Waals surface area contributed by atoms with E-state index in [0.717, 1.165) is 16.6 Å². The number of aromatic nitrogens is 2. The summed E-state index contributed by atoms with van der Waals surface area (Å²) in [6.45, 7) is 1.77. The van der Waals surface area contributed by atoms with Gasteiger partial charge in [-0.3, -0.25) is 0 Å². The van der Waals surface area contributed by atoms with Crippen LogP contribution in [0.5, 0.6) is 0 Å². The minimum Gasteiger partial charge on any atom is -0.173 e. The van der Waals surface area contributed by atoms with Gasteiger partial charge in [-0.1, -0.05) is 17.5 Å². The standard InChI is InChI=1S/C9H5ClN2S/c1-2-3-6-7(10)4-5-8-9(6)12-13-11-8/h4-5H,1H3. The van der Waals surface area contributed by atoms with Gasteiger partial charge in [-0.25, -0.2) is 0 Å². The Morgan fingerprint density at radius 3 is 3.00 bits per heavy atom. The van der Waals surface area contributed by atoms with Crippen LogP contribution in [0.15, 0.2) is 12.1 Å². The van der Waals surface area contributed by atoms with Crippen LogP contribution in [0, 0.1) is 11.8 Å². The number of fused-ring (bicyclic) bond motifs is 1. The lowest BCUT2D eigenvalue weighted by molar-refractivity contribution is 1.60. The van der Waals surface area contributed by atoms with E-state index in [1.54, 1.807) is 13.0 Å². The molecule has 2 rings (SSSR count). The van der Waals surface area contributed by atoms with Crippen LogP contribution in [-0.4, -0.2) is 8.75 Å². The van der Waals surface area contributed by atoms with Crippen molar-refractivity contribution in [2.75, 3.05) is 0 Å². The van der Waals surface area contributed by atoms with Gasteiger partial charge < -0.3 is 0 Å². The maximum absolute atomic E-state index is 5.97. The first kappa shape index (κ1) is 8.49. The molecule has 0 amide bonds.